The van der Waals surface area contributed by atoms with E-state index in [1.165, 1.54) is 0 Å². The van der Waals surface area contributed by atoms with Gasteiger partial charge in [-0.15, -0.1) is 0 Å². The fourth-order valence-corrected chi connectivity index (χ4v) is 1.77. The van der Waals surface area contributed by atoms with Crippen molar-refractivity contribution >= 4 is 17.5 Å². The summed E-state index contributed by atoms with van der Waals surface area (Å²) in [5.74, 6) is -1.14. The van der Waals surface area contributed by atoms with E-state index in [1.54, 1.807) is 18.3 Å². The highest BCUT2D eigenvalue weighted by atomic mass is 16.6. The molecule has 0 saturated heterocycles. The van der Waals surface area contributed by atoms with Crippen molar-refractivity contribution in [3.63, 3.8) is 0 Å². The van der Waals surface area contributed by atoms with Crippen LogP contribution in [0.5, 0.6) is 0 Å². The van der Waals surface area contributed by atoms with Crippen molar-refractivity contribution < 1.29 is 14.8 Å². The number of aromatic nitrogens is 2. The molecule has 0 amide bonds. The van der Waals surface area contributed by atoms with Crippen molar-refractivity contribution in [3.05, 3.63) is 58.0 Å². The van der Waals surface area contributed by atoms with Gasteiger partial charge in [0.05, 0.1) is 16.7 Å². The normalized spacial score (nSPS) is 11.7. The number of pyridine rings is 2. The Labute approximate surface area is 119 Å². The molecule has 2 N–H and O–H groups in total. The standard InChI is InChI=1S/C13H12N4O4/c1-8(10-4-2-3-5-14-10)16-12-6-9(13(18)19)11(7-15-12)17(20)21/h2-8H,1H3,(H,15,16)(H,18,19). The summed E-state index contributed by atoms with van der Waals surface area (Å²) < 4.78 is 0. The van der Waals surface area contributed by atoms with Gasteiger partial charge in [0, 0.05) is 12.3 Å². The molecular formula is C13H12N4O4. The Kier molecular flexibility index (Phi) is 4.07. The van der Waals surface area contributed by atoms with Gasteiger partial charge in [-0.25, -0.2) is 9.78 Å². The Morgan fingerprint density at radius 1 is 1.43 bits per heavy atom. The predicted octanol–water partition coefficient (Wildman–Crippen LogP) is 2.26. The molecule has 21 heavy (non-hydrogen) atoms. The van der Waals surface area contributed by atoms with Crippen LogP contribution in [0.15, 0.2) is 36.7 Å². The van der Waals surface area contributed by atoms with E-state index in [4.69, 9.17) is 5.11 Å². The molecule has 2 aromatic heterocycles. The third kappa shape index (κ3) is 3.30. The van der Waals surface area contributed by atoms with Gasteiger partial charge in [0.1, 0.15) is 17.6 Å². The average Bonchev–Trinajstić information content (AvgIpc) is 2.47. The fourth-order valence-electron chi connectivity index (χ4n) is 1.77. The molecular weight excluding hydrogens is 276 g/mol. The SMILES string of the molecule is CC(Nc1cc(C(=O)O)c([N+](=O)[O-])cn1)c1ccccn1. The molecule has 0 fully saturated rings. The summed E-state index contributed by atoms with van der Waals surface area (Å²) in [6, 6.07) is 6.33. The number of rotatable bonds is 5. The summed E-state index contributed by atoms with van der Waals surface area (Å²) >= 11 is 0. The zero-order chi connectivity index (χ0) is 15.4. The van der Waals surface area contributed by atoms with E-state index in [9.17, 15) is 14.9 Å². The van der Waals surface area contributed by atoms with Gasteiger partial charge in [-0.05, 0) is 19.1 Å². The zero-order valence-corrected chi connectivity index (χ0v) is 11.1. The largest absolute Gasteiger partial charge is 0.477 e. The third-order valence-electron chi connectivity index (χ3n) is 2.81. The molecule has 0 saturated carbocycles. The van der Waals surface area contributed by atoms with Crippen molar-refractivity contribution in [2.24, 2.45) is 0 Å². The topological polar surface area (TPSA) is 118 Å². The number of hydrogen-bond donors (Lipinski definition) is 2. The minimum absolute atomic E-state index is 0.221. The van der Waals surface area contributed by atoms with Gasteiger partial charge < -0.3 is 10.4 Å². The molecule has 108 valence electrons. The Hall–Kier alpha value is -3.03. The summed E-state index contributed by atoms with van der Waals surface area (Å²) in [5.41, 5.74) is -0.209. The van der Waals surface area contributed by atoms with Crippen molar-refractivity contribution in [2.45, 2.75) is 13.0 Å². The fraction of sp³-hybridized carbons (Fsp3) is 0.154. The van der Waals surface area contributed by atoms with Gasteiger partial charge in [0.2, 0.25) is 0 Å². The van der Waals surface area contributed by atoms with Gasteiger partial charge in [-0.1, -0.05) is 6.07 Å². The number of aromatic carboxylic acids is 1. The summed E-state index contributed by atoms with van der Waals surface area (Å²) in [6.45, 7) is 1.83. The van der Waals surface area contributed by atoms with E-state index in [-0.39, 0.29) is 11.9 Å². The number of anilines is 1. The predicted molar refractivity (Wildman–Crippen MR) is 74.1 cm³/mol. The van der Waals surface area contributed by atoms with Crippen LogP contribution in [0, 0.1) is 10.1 Å². The second-order valence-electron chi connectivity index (χ2n) is 4.27. The van der Waals surface area contributed by atoms with Gasteiger partial charge in [-0.2, -0.15) is 0 Å². The van der Waals surface area contributed by atoms with Gasteiger partial charge in [-0.3, -0.25) is 15.1 Å². The highest BCUT2D eigenvalue weighted by Crippen LogP contribution is 2.22. The molecule has 2 rings (SSSR count). The van der Waals surface area contributed by atoms with E-state index < -0.39 is 22.1 Å². The first-order valence-corrected chi connectivity index (χ1v) is 6.04. The minimum Gasteiger partial charge on any atom is -0.477 e. The number of nitro groups is 1. The molecule has 2 aromatic rings. The van der Waals surface area contributed by atoms with E-state index in [1.807, 2.05) is 13.0 Å². The highest BCUT2D eigenvalue weighted by molar-refractivity contribution is 5.93. The second kappa shape index (κ2) is 5.95. The van der Waals surface area contributed by atoms with Crippen LogP contribution < -0.4 is 5.32 Å². The average molecular weight is 288 g/mol. The number of nitrogens with zero attached hydrogens (tertiary/aromatic N) is 3. The van der Waals surface area contributed by atoms with Crippen LogP contribution in [0.25, 0.3) is 0 Å². The lowest BCUT2D eigenvalue weighted by Crippen LogP contribution is -2.11. The molecule has 0 aromatic carbocycles. The Morgan fingerprint density at radius 3 is 2.76 bits per heavy atom. The second-order valence-corrected chi connectivity index (χ2v) is 4.27. The Morgan fingerprint density at radius 2 is 2.19 bits per heavy atom. The highest BCUT2D eigenvalue weighted by Gasteiger charge is 2.21. The number of carboxylic acid groups (broad SMARTS) is 1. The summed E-state index contributed by atoms with van der Waals surface area (Å²) in [5, 5.41) is 22.7. The Bertz CT molecular complexity index is 675. The maximum Gasteiger partial charge on any atom is 0.342 e. The van der Waals surface area contributed by atoms with Gasteiger partial charge >= 0.3 is 11.7 Å². The summed E-state index contributed by atoms with van der Waals surface area (Å²) in [4.78, 5) is 29.1. The molecule has 0 radical (unpaired) electrons. The van der Waals surface area contributed by atoms with Crippen LogP contribution in [0.1, 0.15) is 29.0 Å². The lowest BCUT2D eigenvalue weighted by atomic mass is 10.2. The lowest BCUT2D eigenvalue weighted by Gasteiger charge is -2.14. The first kappa shape index (κ1) is 14.4. The third-order valence-corrected chi connectivity index (χ3v) is 2.81. The quantitative estimate of drug-likeness (QED) is 0.639. The summed E-state index contributed by atoms with van der Waals surface area (Å²) in [6.07, 6.45) is 2.57. The molecule has 0 spiro atoms. The first-order valence-electron chi connectivity index (χ1n) is 6.04. The monoisotopic (exact) mass is 288 g/mol. The summed E-state index contributed by atoms with van der Waals surface area (Å²) in [7, 11) is 0. The van der Waals surface area contributed by atoms with E-state index in [2.05, 4.69) is 15.3 Å². The molecule has 0 aliphatic carbocycles. The van der Waals surface area contributed by atoms with E-state index in [0.29, 0.717) is 0 Å². The smallest absolute Gasteiger partial charge is 0.342 e. The van der Waals surface area contributed by atoms with Gasteiger partial charge in [0.15, 0.2) is 0 Å². The lowest BCUT2D eigenvalue weighted by molar-refractivity contribution is -0.385. The van der Waals surface area contributed by atoms with Crippen molar-refractivity contribution in [1.29, 1.82) is 0 Å². The van der Waals surface area contributed by atoms with Crippen molar-refractivity contribution in [2.75, 3.05) is 5.32 Å². The molecule has 1 atom stereocenters. The minimum atomic E-state index is -1.38. The molecule has 0 bridgehead atoms. The van der Waals surface area contributed by atoms with Crippen LogP contribution in [-0.4, -0.2) is 26.0 Å². The van der Waals surface area contributed by atoms with E-state index in [0.717, 1.165) is 18.0 Å². The van der Waals surface area contributed by atoms with Crippen molar-refractivity contribution in [3.8, 4) is 0 Å². The van der Waals surface area contributed by atoms with Crippen LogP contribution in [0.4, 0.5) is 11.5 Å². The van der Waals surface area contributed by atoms with Crippen LogP contribution >= 0.6 is 0 Å². The van der Waals surface area contributed by atoms with Crippen LogP contribution in [0.2, 0.25) is 0 Å². The molecule has 8 nitrogen and oxygen atoms in total. The molecule has 8 heteroatoms. The van der Waals surface area contributed by atoms with Crippen LogP contribution in [-0.2, 0) is 0 Å². The molecule has 0 aliphatic rings. The van der Waals surface area contributed by atoms with Gasteiger partial charge in [0.25, 0.3) is 0 Å². The number of nitrogens with one attached hydrogen (secondary N) is 1. The number of carbonyl (C=O) groups is 1. The maximum absolute atomic E-state index is 11.1. The maximum atomic E-state index is 11.1. The van der Waals surface area contributed by atoms with E-state index >= 15 is 0 Å². The number of carboxylic acids is 1. The zero-order valence-electron chi connectivity index (χ0n) is 11.1. The molecule has 1 unspecified atom stereocenters. The molecule has 2 heterocycles. The van der Waals surface area contributed by atoms with Crippen molar-refractivity contribution in [1.82, 2.24) is 9.97 Å². The first-order chi connectivity index (χ1) is 9.99. The number of hydrogen-bond acceptors (Lipinski definition) is 6. The Balaban J connectivity index is 2.27. The molecule has 0 aliphatic heterocycles. The van der Waals surface area contributed by atoms with Crippen LogP contribution in [0.3, 0.4) is 0 Å².